The molecule has 0 aromatic heterocycles. The lowest BCUT2D eigenvalue weighted by atomic mass is 9.83. The number of hydrogen-bond acceptors (Lipinski definition) is 3. The van der Waals surface area contributed by atoms with Crippen LogP contribution in [0.2, 0.25) is 10.0 Å². The maximum atomic E-state index is 12.3. The summed E-state index contributed by atoms with van der Waals surface area (Å²) in [4.78, 5) is -0.0186. The van der Waals surface area contributed by atoms with Crippen LogP contribution in [-0.2, 0) is 10.0 Å². The molecule has 7 heteroatoms. The standard InChI is InChI=1S/C14H20Cl2N2O2S/c1-9-3-2-4-10(7-9)8-18-21(19,20)12-6-5-11(15)14(17)13(12)16/h5-6,9-10,18H,2-4,7-8,17H2,1H3. The topological polar surface area (TPSA) is 72.2 Å². The van der Waals surface area contributed by atoms with E-state index in [1.807, 2.05) is 0 Å². The van der Waals surface area contributed by atoms with Crippen molar-refractivity contribution in [3.63, 3.8) is 0 Å². The molecule has 2 atom stereocenters. The Kier molecular flexibility index (Phi) is 5.41. The van der Waals surface area contributed by atoms with Crippen LogP contribution in [0.1, 0.15) is 32.6 Å². The lowest BCUT2D eigenvalue weighted by Crippen LogP contribution is -2.31. The van der Waals surface area contributed by atoms with Gasteiger partial charge >= 0.3 is 0 Å². The Labute approximate surface area is 136 Å². The van der Waals surface area contributed by atoms with Crippen LogP contribution in [0.15, 0.2) is 17.0 Å². The maximum Gasteiger partial charge on any atom is 0.242 e. The van der Waals surface area contributed by atoms with E-state index in [1.54, 1.807) is 0 Å². The van der Waals surface area contributed by atoms with Crippen molar-refractivity contribution in [2.24, 2.45) is 11.8 Å². The number of nitrogens with two attached hydrogens (primary N) is 1. The molecule has 0 bridgehead atoms. The summed E-state index contributed by atoms with van der Waals surface area (Å²) < 4.78 is 27.3. The van der Waals surface area contributed by atoms with Crippen LogP contribution in [-0.4, -0.2) is 15.0 Å². The van der Waals surface area contributed by atoms with Crippen molar-refractivity contribution < 1.29 is 8.42 Å². The number of rotatable bonds is 4. The zero-order valence-corrected chi connectivity index (χ0v) is 14.2. The summed E-state index contributed by atoms with van der Waals surface area (Å²) in [6, 6.07) is 2.83. The van der Waals surface area contributed by atoms with E-state index in [4.69, 9.17) is 28.9 Å². The summed E-state index contributed by atoms with van der Waals surface area (Å²) in [6.07, 6.45) is 4.49. The first-order valence-corrected chi connectivity index (χ1v) is 9.28. The maximum absolute atomic E-state index is 12.3. The van der Waals surface area contributed by atoms with Gasteiger partial charge < -0.3 is 5.73 Å². The molecule has 3 N–H and O–H groups in total. The van der Waals surface area contributed by atoms with Gasteiger partial charge in [0.15, 0.2) is 0 Å². The predicted octanol–water partition coefficient (Wildman–Crippen LogP) is 3.68. The quantitative estimate of drug-likeness (QED) is 0.813. The number of benzene rings is 1. The van der Waals surface area contributed by atoms with Crippen molar-refractivity contribution in [2.75, 3.05) is 12.3 Å². The van der Waals surface area contributed by atoms with Crippen LogP contribution in [0.4, 0.5) is 5.69 Å². The van der Waals surface area contributed by atoms with Crippen LogP contribution < -0.4 is 10.5 Å². The van der Waals surface area contributed by atoms with E-state index in [2.05, 4.69) is 11.6 Å². The van der Waals surface area contributed by atoms with E-state index in [-0.39, 0.29) is 20.6 Å². The molecule has 1 aromatic carbocycles. The average Bonchev–Trinajstić information content (AvgIpc) is 2.43. The minimum absolute atomic E-state index is 0.0186. The van der Waals surface area contributed by atoms with E-state index in [0.717, 1.165) is 19.3 Å². The largest absolute Gasteiger partial charge is 0.396 e. The Bertz CT molecular complexity index is 620. The fourth-order valence-corrected chi connectivity index (χ4v) is 4.69. The molecule has 0 heterocycles. The van der Waals surface area contributed by atoms with Gasteiger partial charge in [-0.2, -0.15) is 0 Å². The smallest absolute Gasteiger partial charge is 0.242 e. The number of sulfonamides is 1. The SMILES string of the molecule is CC1CCCC(CNS(=O)(=O)c2ccc(Cl)c(N)c2Cl)C1. The molecule has 0 spiro atoms. The third kappa shape index (κ3) is 4.03. The highest BCUT2D eigenvalue weighted by Crippen LogP contribution is 2.33. The monoisotopic (exact) mass is 350 g/mol. The second kappa shape index (κ2) is 6.73. The van der Waals surface area contributed by atoms with E-state index in [0.29, 0.717) is 18.4 Å². The van der Waals surface area contributed by atoms with Crippen LogP contribution >= 0.6 is 23.2 Å². The number of halogens is 2. The molecular weight excluding hydrogens is 331 g/mol. The molecule has 2 rings (SSSR count). The summed E-state index contributed by atoms with van der Waals surface area (Å²) in [5.41, 5.74) is 5.77. The molecule has 0 amide bonds. The molecule has 4 nitrogen and oxygen atoms in total. The van der Waals surface area contributed by atoms with Crippen molar-refractivity contribution in [2.45, 2.75) is 37.5 Å². The minimum Gasteiger partial charge on any atom is -0.396 e. The van der Waals surface area contributed by atoms with Gasteiger partial charge in [0.25, 0.3) is 0 Å². The lowest BCUT2D eigenvalue weighted by molar-refractivity contribution is 0.283. The molecule has 1 aliphatic carbocycles. The van der Waals surface area contributed by atoms with Crippen molar-refractivity contribution in [1.29, 1.82) is 0 Å². The van der Waals surface area contributed by atoms with Gasteiger partial charge in [-0.3, -0.25) is 0 Å². The zero-order chi connectivity index (χ0) is 15.6. The molecule has 118 valence electrons. The fraction of sp³-hybridized carbons (Fsp3) is 0.571. The minimum atomic E-state index is -3.67. The zero-order valence-electron chi connectivity index (χ0n) is 11.9. The Balaban J connectivity index is 2.10. The normalized spacial score (nSPS) is 23.2. The van der Waals surface area contributed by atoms with Gasteiger partial charge in [0, 0.05) is 6.54 Å². The predicted molar refractivity (Wildman–Crippen MR) is 87.2 cm³/mol. The Morgan fingerprint density at radius 2 is 2.05 bits per heavy atom. The third-order valence-electron chi connectivity index (χ3n) is 3.99. The second-order valence-electron chi connectivity index (χ2n) is 5.76. The summed E-state index contributed by atoms with van der Waals surface area (Å²) in [6.45, 7) is 2.64. The second-order valence-corrected chi connectivity index (χ2v) is 8.28. The Morgan fingerprint density at radius 3 is 2.71 bits per heavy atom. The van der Waals surface area contributed by atoms with E-state index in [1.165, 1.54) is 18.6 Å². The molecule has 2 unspecified atom stereocenters. The lowest BCUT2D eigenvalue weighted by Gasteiger charge is -2.26. The summed E-state index contributed by atoms with van der Waals surface area (Å²) in [5.74, 6) is 1.04. The highest BCUT2D eigenvalue weighted by atomic mass is 35.5. The average molecular weight is 351 g/mol. The summed E-state index contributed by atoms with van der Waals surface area (Å²) >= 11 is 11.8. The number of nitrogens with one attached hydrogen (secondary N) is 1. The van der Waals surface area contributed by atoms with E-state index < -0.39 is 10.0 Å². The van der Waals surface area contributed by atoms with Crippen LogP contribution in [0.3, 0.4) is 0 Å². The molecule has 21 heavy (non-hydrogen) atoms. The molecule has 0 aliphatic heterocycles. The van der Waals surface area contributed by atoms with Gasteiger partial charge in [-0.15, -0.1) is 0 Å². The number of anilines is 1. The first-order valence-electron chi connectivity index (χ1n) is 7.04. The van der Waals surface area contributed by atoms with Crippen molar-refractivity contribution >= 4 is 38.9 Å². The van der Waals surface area contributed by atoms with Crippen molar-refractivity contribution in [3.05, 3.63) is 22.2 Å². The molecule has 1 aromatic rings. The molecule has 1 saturated carbocycles. The summed E-state index contributed by atoms with van der Waals surface area (Å²) in [5, 5.41) is 0.229. The van der Waals surface area contributed by atoms with Crippen molar-refractivity contribution in [1.82, 2.24) is 4.72 Å². The first-order chi connectivity index (χ1) is 9.81. The Morgan fingerprint density at radius 1 is 1.33 bits per heavy atom. The third-order valence-corrected chi connectivity index (χ3v) is 6.30. The molecule has 1 fully saturated rings. The Hall–Kier alpha value is -0.490. The van der Waals surface area contributed by atoms with Crippen LogP contribution in [0.25, 0.3) is 0 Å². The van der Waals surface area contributed by atoms with Crippen LogP contribution in [0.5, 0.6) is 0 Å². The van der Waals surface area contributed by atoms with Gasteiger partial charge in [0.05, 0.1) is 15.7 Å². The number of hydrogen-bond donors (Lipinski definition) is 2. The molecular formula is C14H20Cl2N2O2S. The van der Waals surface area contributed by atoms with E-state index >= 15 is 0 Å². The van der Waals surface area contributed by atoms with Gasteiger partial charge in [-0.1, -0.05) is 43.0 Å². The van der Waals surface area contributed by atoms with Gasteiger partial charge in [0.1, 0.15) is 4.90 Å². The molecule has 1 aliphatic rings. The molecule has 0 saturated heterocycles. The molecule has 0 radical (unpaired) electrons. The van der Waals surface area contributed by atoms with Gasteiger partial charge in [-0.25, -0.2) is 13.1 Å². The highest BCUT2D eigenvalue weighted by molar-refractivity contribution is 7.89. The van der Waals surface area contributed by atoms with Gasteiger partial charge in [0.2, 0.25) is 10.0 Å². The van der Waals surface area contributed by atoms with Crippen molar-refractivity contribution in [3.8, 4) is 0 Å². The van der Waals surface area contributed by atoms with Crippen LogP contribution in [0, 0.1) is 11.8 Å². The highest BCUT2D eigenvalue weighted by Gasteiger charge is 2.24. The first kappa shape index (κ1) is 16.9. The summed E-state index contributed by atoms with van der Waals surface area (Å²) in [7, 11) is -3.67. The van der Waals surface area contributed by atoms with Gasteiger partial charge in [-0.05, 0) is 36.8 Å². The van der Waals surface area contributed by atoms with E-state index in [9.17, 15) is 8.42 Å². The number of nitrogen functional groups attached to an aromatic ring is 1. The fourth-order valence-electron chi connectivity index (χ4n) is 2.81.